The number of aromatic nitrogens is 4. The van der Waals surface area contributed by atoms with E-state index in [-0.39, 0.29) is 30.1 Å². The van der Waals surface area contributed by atoms with Crippen LogP contribution in [-0.2, 0) is 23.2 Å². The molecular weight excluding hydrogens is 438 g/mol. The minimum absolute atomic E-state index is 0.000834. The van der Waals surface area contributed by atoms with E-state index in [1.165, 1.54) is 0 Å². The monoisotopic (exact) mass is 473 g/mol. The zero-order valence-corrected chi connectivity index (χ0v) is 20.8. The number of aliphatic carboxylic acids is 1. The van der Waals surface area contributed by atoms with Crippen molar-refractivity contribution in [2.45, 2.75) is 79.1 Å². The highest BCUT2D eigenvalue weighted by Gasteiger charge is 2.29. The first-order chi connectivity index (χ1) is 16.0. The van der Waals surface area contributed by atoms with Crippen molar-refractivity contribution >= 4 is 12.1 Å². The molecule has 0 spiro atoms. The number of ether oxygens (including phenoxy) is 2. The molecule has 0 radical (unpaired) electrons. The molecule has 186 valence electrons. The summed E-state index contributed by atoms with van der Waals surface area (Å²) in [5, 5.41) is 20.4. The van der Waals surface area contributed by atoms with E-state index in [4.69, 9.17) is 9.47 Å². The number of nitrogens with zero attached hydrogens (tertiary/aromatic N) is 4. The lowest BCUT2D eigenvalue weighted by Crippen LogP contribution is -2.41. The number of carbonyl (C=O) groups is 2. The van der Waals surface area contributed by atoms with Crippen molar-refractivity contribution in [1.29, 1.82) is 0 Å². The van der Waals surface area contributed by atoms with Gasteiger partial charge in [0.05, 0.1) is 23.4 Å². The molecule has 2 N–H and O–H groups in total. The number of carboxylic acids is 1. The summed E-state index contributed by atoms with van der Waals surface area (Å²) >= 11 is 0. The molecule has 10 heteroatoms. The summed E-state index contributed by atoms with van der Waals surface area (Å²) < 4.78 is 13.1. The molecule has 3 atom stereocenters. The van der Waals surface area contributed by atoms with Crippen molar-refractivity contribution in [3.8, 4) is 17.1 Å². The molecule has 0 saturated heterocycles. The van der Waals surface area contributed by atoms with Crippen molar-refractivity contribution in [2.24, 2.45) is 18.4 Å². The molecule has 1 aliphatic carbocycles. The maximum absolute atomic E-state index is 12.3. The number of carboxylic acid groups (broad SMARTS) is 1. The molecule has 1 unspecified atom stereocenters. The summed E-state index contributed by atoms with van der Waals surface area (Å²) in [5.41, 5.74) is 2.32. The summed E-state index contributed by atoms with van der Waals surface area (Å²) in [6.07, 6.45) is 2.20. The normalized spacial score (nSPS) is 19.4. The molecule has 10 nitrogen and oxygen atoms in total. The maximum Gasteiger partial charge on any atom is 0.407 e. The van der Waals surface area contributed by atoms with Gasteiger partial charge in [0.1, 0.15) is 23.7 Å². The number of carbonyl (C=O) groups excluding carboxylic acids is 1. The molecule has 3 rings (SSSR count). The molecular formula is C24H35N5O5. The van der Waals surface area contributed by atoms with Crippen LogP contribution < -0.4 is 10.1 Å². The molecule has 0 bridgehead atoms. The quantitative estimate of drug-likeness (QED) is 0.620. The largest absolute Gasteiger partial charge is 0.489 e. The topological polar surface area (TPSA) is 128 Å². The first-order valence-corrected chi connectivity index (χ1v) is 11.6. The third-order valence-corrected chi connectivity index (χ3v) is 6.47. The smallest absolute Gasteiger partial charge is 0.407 e. The Balaban J connectivity index is 1.68. The van der Waals surface area contributed by atoms with Crippen LogP contribution in [0.5, 0.6) is 5.75 Å². The fourth-order valence-electron chi connectivity index (χ4n) is 3.77. The van der Waals surface area contributed by atoms with Crippen molar-refractivity contribution in [3.05, 3.63) is 23.5 Å². The van der Waals surface area contributed by atoms with Crippen LogP contribution in [0.2, 0.25) is 0 Å². The highest BCUT2D eigenvalue weighted by Crippen LogP contribution is 2.30. The van der Waals surface area contributed by atoms with Crippen LogP contribution in [0.4, 0.5) is 4.79 Å². The van der Waals surface area contributed by atoms with Gasteiger partial charge in [-0.3, -0.25) is 4.79 Å². The Bertz CT molecular complexity index is 1030. The third-order valence-electron chi connectivity index (χ3n) is 6.47. The molecule has 2 aromatic heterocycles. The number of alkyl carbamates (subject to hydrolysis) is 1. The Hall–Kier alpha value is -3.17. The highest BCUT2D eigenvalue weighted by atomic mass is 16.5. The summed E-state index contributed by atoms with van der Waals surface area (Å²) in [4.78, 5) is 28.2. The Labute approximate surface area is 200 Å². The second-order valence-corrected chi connectivity index (χ2v) is 10.0. The molecule has 1 aliphatic rings. The van der Waals surface area contributed by atoms with E-state index in [0.29, 0.717) is 41.4 Å². The van der Waals surface area contributed by atoms with E-state index < -0.39 is 12.1 Å². The number of nitrogens with one attached hydrogen (secondary N) is 1. The first kappa shape index (κ1) is 25.5. The second-order valence-electron chi connectivity index (χ2n) is 10.0. The fraction of sp³-hybridized carbons (Fsp3) is 0.625. The summed E-state index contributed by atoms with van der Waals surface area (Å²) in [5.74, 6) is -0.508. The zero-order valence-electron chi connectivity index (χ0n) is 20.8. The minimum Gasteiger partial charge on any atom is -0.489 e. The predicted molar refractivity (Wildman–Crippen MR) is 125 cm³/mol. The van der Waals surface area contributed by atoms with Crippen molar-refractivity contribution in [1.82, 2.24) is 25.3 Å². The van der Waals surface area contributed by atoms with Gasteiger partial charge in [0, 0.05) is 13.1 Å². The Morgan fingerprint density at radius 1 is 1.29 bits per heavy atom. The molecule has 1 amide bonds. The first-order valence-electron chi connectivity index (χ1n) is 11.6. The van der Waals surface area contributed by atoms with E-state index in [2.05, 4.69) is 20.6 Å². The minimum atomic E-state index is -0.766. The standard InChI is InChI=1S/C24H35N5O5/c1-14-20(34-17-9-7-8-16(12-17)22(30)31)11-10-18(25-14)21-19(29(6)28-27-21)13-33-23(32)26-15(2)24(3,4)5/h10-11,15-17H,7-9,12-13H2,1-6H3,(H,26,32)(H,30,31)/t15?,16-,17-/m0/s1. The fourth-order valence-corrected chi connectivity index (χ4v) is 3.77. The van der Waals surface area contributed by atoms with Gasteiger partial charge in [0.15, 0.2) is 0 Å². The van der Waals surface area contributed by atoms with Gasteiger partial charge in [-0.1, -0.05) is 26.0 Å². The maximum atomic E-state index is 12.3. The van der Waals surface area contributed by atoms with E-state index in [1.807, 2.05) is 40.7 Å². The molecule has 2 aromatic rings. The lowest BCUT2D eigenvalue weighted by atomic mass is 9.87. The summed E-state index contributed by atoms with van der Waals surface area (Å²) in [6, 6.07) is 3.55. The Morgan fingerprint density at radius 2 is 2.03 bits per heavy atom. The van der Waals surface area contributed by atoms with Gasteiger partial charge in [0.25, 0.3) is 0 Å². The average molecular weight is 474 g/mol. The summed E-state index contributed by atoms with van der Waals surface area (Å²) in [6.45, 7) is 9.90. The Kier molecular flexibility index (Phi) is 7.78. The highest BCUT2D eigenvalue weighted by molar-refractivity contribution is 5.70. The van der Waals surface area contributed by atoms with Crippen LogP contribution in [0, 0.1) is 18.3 Å². The van der Waals surface area contributed by atoms with Gasteiger partial charge >= 0.3 is 12.1 Å². The average Bonchev–Trinajstić information content (AvgIpc) is 3.13. The molecule has 34 heavy (non-hydrogen) atoms. The second kappa shape index (κ2) is 10.4. The van der Waals surface area contributed by atoms with E-state index in [1.54, 1.807) is 17.8 Å². The van der Waals surface area contributed by atoms with Gasteiger partial charge in [0.2, 0.25) is 0 Å². The number of hydrogen-bond donors (Lipinski definition) is 2. The molecule has 2 heterocycles. The number of rotatable bonds is 7. The number of pyridine rings is 1. The predicted octanol–water partition coefficient (Wildman–Crippen LogP) is 3.87. The van der Waals surface area contributed by atoms with Crippen LogP contribution in [0.25, 0.3) is 11.4 Å². The molecule has 1 saturated carbocycles. The lowest BCUT2D eigenvalue weighted by Gasteiger charge is -2.27. The van der Waals surface area contributed by atoms with Gasteiger partial charge in [-0.05, 0) is 57.1 Å². The van der Waals surface area contributed by atoms with Crippen molar-refractivity contribution < 1.29 is 24.2 Å². The summed E-state index contributed by atoms with van der Waals surface area (Å²) in [7, 11) is 1.73. The lowest BCUT2D eigenvalue weighted by molar-refractivity contribution is -0.143. The van der Waals surface area contributed by atoms with E-state index in [9.17, 15) is 14.7 Å². The van der Waals surface area contributed by atoms with Crippen LogP contribution in [0.1, 0.15) is 64.8 Å². The Morgan fingerprint density at radius 3 is 2.68 bits per heavy atom. The number of hydrogen-bond acceptors (Lipinski definition) is 7. The number of amides is 1. The third kappa shape index (κ3) is 6.24. The molecule has 1 fully saturated rings. The van der Waals surface area contributed by atoms with Crippen LogP contribution in [0.15, 0.2) is 12.1 Å². The van der Waals surface area contributed by atoms with Crippen molar-refractivity contribution in [3.63, 3.8) is 0 Å². The van der Waals surface area contributed by atoms with Gasteiger partial charge < -0.3 is 19.9 Å². The SMILES string of the molecule is Cc1nc(-c2nnn(C)c2COC(=O)NC(C)C(C)(C)C)ccc1O[C@H]1CCC[C@H](C(=O)O)C1. The van der Waals surface area contributed by atoms with Gasteiger partial charge in [-0.15, -0.1) is 5.10 Å². The van der Waals surface area contributed by atoms with Gasteiger partial charge in [-0.2, -0.15) is 0 Å². The van der Waals surface area contributed by atoms with Gasteiger partial charge in [-0.25, -0.2) is 14.5 Å². The number of aryl methyl sites for hydroxylation is 2. The zero-order chi connectivity index (χ0) is 25.0. The van der Waals surface area contributed by atoms with E-state index in [0.717, 1.165) is 12.8 Å². The van der Waals surface area contributed by atoms with Crippen molar-refractivity contribution in [2.75, 3.05) is 0 Å². The van der Waals surface area contributed by atoms with Crippen LogP contribution in [-0.4, -0.2) is 49.3 Å². The molecule has 0 aliphatic heterocycles. The van der Waals surface area contributed by atoms with E-state index >= 15 is 0 Å². The molecule has 0 aromatic carbocycles. The van der Waals surface area contributed by atoms with Crippen LogP contribution in [0.3, 0.4) is 0 Å². The van der Waals surface area contributed by atoms with Crippen LogP contribution >= 0.6 is 0 Å².